The maximum Gasteiger partial charge on any atom is 0.123 e. The largest absolute Gasteiger partial charge is 0.391 e. The second kappa shape index (κ2) is 36.7. The van der Waals surface area contributed by atoms with Gasteiger partial charge in [0, 0.05) is 24.5 Å². The van der Waals surface area contributed by atoms with Crippen LogP contribution in [0.2, 0.25) is 0 Å². The lowest BCUT2D eigenvalue weighted by molar-refractivity contribution is 0.524. The van der Waals surface area contributed by atoms with Crippen LogP contribution in [0, 0.1) is 37.4 Å². The Hall–Kier alpha value is -5.57. The third kappa shape index (κ3) is 24.3. The maximum atomic E-state index is 13.1. The number of benzene rings is 4. The highest BCUT2D eigenvalue weighted by Crippen LogP contribution is 2.31. The first kappa shape index (κ1) is 59.4. The molecule has 1 unspecified atom stereocenters. The molecule has 4 aromatic rings. The fourth-order valence-corrected chi connectivity index (χ4v) is 6.77. The first-order valence-corrected chi connectivity index (χ1v) is 23.9. The van der Waals surface area contributed by atoms with Crippen molar-refractivity contribution in [3.8, 4) is 12.8 Å². The van der Waals surface area contributed by atoms with Crippen LogP contribution in [-0.2, 0) is 12.8 Å². The number of rotatable bonds is 16. The van der Waals surface area contributed by atoms with E-state index in [0.717, 1.165) is 75.1 Å². The zero-order chi connectivity index (χ0) is 49.0. The molecule has 1 aliphatic heterocycles. The van der Waals surface area contributed by atoms with Gasteiger partial charge in [-0.2, -0.15) is 0 Å². The smallest absolute Gasteiger partial charge is 0.123 e. The molecule has 0 aromatic heterocycles. The van der Waals surface area contributed by atoms with Crippen LogP contribution >= 0.6 is 0 Å². The number of terminal acetylenes is 1. The Morgan fingerprint density at radius 2 is 1.51 bits per heavy atom. The van der Waals surface area contributed by atoms with Gasteiger partial charge in [0.25, 0.3) is 0 Å². The summed E-state index contributed by atoms with van der Waals surface area (Å²) in [7, 11) is 0. The van der Waals surface area contributed by atoms with Crippen LogP contribution in [-0.4, -0.2) is 26.4 Å². The van der Waals surface area contributed by atoms with Gasteiger partial charge in [-0.1, -0.05) is 159 Å². The molecule has 0 bridgehead atoms. The van der Waals surface area contributed by atoms with Crippen molar-refractivity contribution in [3.05, 3.63) is 169 Å². The zero-order valence-corrected chi connectivity index (χ0v) is 42.2. The second-order valence-corrected chi connectivity index (χ2v) is 16.4. The number of allylic oxidation sites excluding steroid dienone is 2. The average molecular weight is 883 g/mol. The van der Waals surface area contributed by atoms with E-state index in [1.54, 1.807) is 6.20 Å². The van der Waals surface area contributed by atoms with Crippen molar-refractivity contribution >= 4 is 34.7 Å². The van der Waals surface area contributed by atoms with E-state index in [1.807, 2.05) is 39.0 Å². The number of hydrogen-bond acceptors (Lipinski definition) is 4. The van der Waals surface area contributed by atoms with Crippen molar-refractivity contribution in [1.29, 1.82) is 0 Å². The third-order valence-corrected chi connectivity index (χ3v) is 11.0. The molecule has 0 amide bonds. The van der Waals surface area contributed by atoms with E-state index in [0.29, 0.717) is 0 Å². The Morgan fingerprint density at radius 1 is 0.846 bits per heavy atom. The minimum atomic E-state index is -0.181. The standard InChI is InChI=1S/C20H19F.C13H21N.C12H16N2.C9H19N.C2H6.C2H4.C2H2/c1-14(2)16-6-7-19-13-17(4-3-5-18(19)12-16)15-8-10-20(21)11-9-15;1-4-11(2)9-10-14-13-7-5-12(3)6-8-13;1-3-10-5-6-12(7-11(10)4-2)14-8-13-9-14;1-4-10-8-6-5-7-9(2)3;3*1-2/h6-13H,1,3-5H2,2H3;5-8,11,14H,4,9-10H2,1-3H3;3,5-7,13H,1,4,8-9H2,2H3;4,9-10H,1,5-8H2,2-3H3;1-2H3;1-2H2;1-2H. The number of anilines is 2. The summed E-state index contributed by atoms with van der Waals surface area (Å²) < 4.78 is 13.1. The van der Waals surface area contributed by atoms with Crippen LogP contribution in [0.25, 0.3) is 23.3 Å². The Labute approximate surface area is 398 Å². The second-order valence-electron chi connectivity index (χ2n) is 16.4. The number of hydrogen-bond donors (Lipinski definition) is 3. The molecule has 0 saturated carbocycles. The summed E-state index contributed by atoms with van der Waals surface area (Å²) >= 11 is 0. The topological polar surface area (TPSA) is 39.3 Å². The molecule has 1 heterocycles. The van der Waals surface area contributed by atoms with E-state index in [1.165, 1.54) is 94.6 Å². The molecule has 5 heteroatoms. The molecule has 0 spiro atoms. The summed E-state index contributed by atoms with van der Waals surface area (Å²) in [5.41, 5.74) is 13.9. The van der Waals surface area contributed by atoms with Crippen LogP contribution in [0.5, 0.6) is 0 Å². The Bertz CT molecular complexity index is 1930. The van der Waals surface area contributed by atoms with Gasteiger partial charge in [-0.3, -0.25) is 5.32 Å². The molecule has 6 rings (SSSR count). The van der Waals surface area contributed by atoms with E-state index in [9.17, 15) is 4.39 Å². The van der Waals surface area contributed by atoms with Crippen molar-refractivity contribution in [2.75, 3.05) is 36.6 Å². The summed E-state index contributed by atoms with van der Waals surface area (Å²) in [5.74, 6) is 1.50. The molecule has 4 aromatic carbocycles. The molecule has 0 radical (unpaired) electrons. The van der Waals surface area contributed by atoms with Crippen molar-refractivity contribution in [2.24, 2.45) is 11.8 Å². The van der Waals surface area contributed by atoms with Gasteiger partial charge in [0.2, 0.25) is 0 Å². The van der Waals surface area contributed by atoms with Crippen LogP contribution in [0.1, 0.15) is 139 Å². The molecule has 65 heavy (non-hydrogen) atoms. The molecular formula is C60H87FN4. The number of unbranched alkanes of at least 4 members (excludes halogenated alkanes) is 1. The van der Waals surface area contributed by atoms with Gasteiger partial charge in [0.15, 0.2) is 0 Å². The number of aryl methyl sites for hydroxylation is 3. The van der Waals surface area contributed by atoms with E-state index in [4.69, 9.17) is 0 Å². The highest BCUT2D eigenvalue weighted by atomic mass is 19.1. The third-order valence-electron chi connectivity index (χ3n) is 11.0. The molecule has 4 nitrogen and oxygen atoms in total. The van der Waals surface area contributed by atoms with E-state index >= 15 is 0 Å². The SMILES string of the molecule is C#C.C=C.C=C(C)c1ccc2c(c1)CCCC(c1ccc(F)cc1)=C2.C=CNCCCCC(C)C.C=Cc1ccc(N2CNC2)cc1CC.CC.CCC(C)CCNc1ccc(C)cc1. The molecule has 1 aliphatic carbocycles. The number of nitrogens with one attached hydrogen (secondary N) is 3. The summed E-state index contributed by atoms with van der Waals surface area (Å²) in [4.78, 5) is 2.31. The van der Waals surface area contributed by atoms with Crippen molar-refractivity contribution in [2.45, 2.75) is 120 Å². The molecule has 3 N–H and O–H groups in total. The van der Waals surface area contributed by atoms with Crippen molar-refractivity contribution in [1.82, 2.24) is 10.6 Å². The average Bonchev–Trinajstić information content (AvgIpc) is 3.54. The number of nitrogens with zero attached hydrogens (tertiary/aromatic N) is 1. The lowest BCUT2D eigenvalue weighted by atomic mass is 9.98. The highest BCUT2D eigenvalue weighted by Gasteiger charge is 2.14. The molecule has 1 saturated heterocycles. The minimum Gasteiger partial charge on any atom is -0.391 e. The van der Waals surface area contributed by atoms with Crippen LogP contribution in [0.15, 0.2) is 124 Å². The predicted octanol–water partition coefficient (Wildman–Crippen LogP) is 16.4. The summed E-state index contributed by atoms with van der Waals surface area (Å²) in [6.07, 6.45) is 24.7. The summed E-state index contributed by atoms with van der Waals surface area (Å²) in [6.45, 7) is 40.9. The Balaban J connectivity index is 0.000000834. The van der Waals surface area contributed by atoms with E-state index < -0.39 is 0 Å². The lowest BCUT2D eigenvalue weighted by Crippen LogP contribution is -2.52. The molecular weight excluding hydrogens is 796 g/mol. The zero-order valence-electron chi connectivity index (χ0n) is 42.2. The van der Waals surface area contributed by atoms with Gasteiger partial charge in [-0.15, -0.1) is 26.0 Å². The lowest BCUT2D eigenvalue weighted by Gasteiger charge is -2.34. The van der Waals surface area contributed by atoms with Crippen LogP contribution in [0.3, 0.4) is 0 Å². The van der Waals surface area contributed by atoms with Gasteiger partial charge in [0.1, 0.15) is 5.82 Å². The van der Waals surface area contributed by atoms with Gasteiger partial charge in [0.05, 0.1) is 13.3 Å². The van der Waals surface area contributed by atoms with Gasteiger partial charge in [-0.05, 0) is 146 Å². The molecule has 354 valence electrons. The van der Waals surface area contributed by atoms with Gasteiger partial charge >= 0.3 is 0 Å². The summed E-state index contributed by atoms with van der Waals surface area (Å²) in [5, 5.41) is 9.75. The normalized spacial score (nSPS) is 12.2. The molecule has 1 atom stereocenters. The fraction of sp³-hybridized carbons (Fsp3) is 0.400. The maximum absolute atomic E-state index is 13.1. The van der Waals surface area contributed by atoms with Crippen LogP contribution < -0.4 is 20.9 Å². The minimum absolute atomic E-state index is 0.181. The van der Waals surface area contributed by atoms with Crippen molar-refractivity contribution in [3.63, 3.8) is 0 Å². The first-order valence-electron chi connectivity index (χ1n) is 23.9. The van der Waals surface area contributed by atoms with E-state index in [-0.39, 0.29) is 5.82 Å². The monoisotopic (exact) mass is 883 g/mol. The van der Waals surface area contributed by atoms with Gasteiger partial charge < -0.3 is 15.5 Å². The fourth-order valence-electron chi connectivity index (χ4n) is 6.77. The first-order chi connectivity index (χ1) is 31.5. The highest BCUT2D eigenvalue weighted by molar-refractivity contribution is 5.83. The van der Waals surface area contributed by atoms with E-state index in [2.05, 4.69) is 175 Å². The Kier molecular flexibility index (Phi) is 33.6. The quantitative estimate of drug-likeness (QED) is 0.0596. The van der Waals surface area contributed by atoms with Crippen LogP contribution in [0.4, 0.5) is 15.8 Å². The summed E-state index contributed by atoms with van der Waals surface area (Å²) in [6, 6.07) is 28.5. The number of halogens is 1. The molecule has 1 fully saturated rings. The predicted molar refractivity (Wildman–Crippen MR) is 293 cm³/mol. The Morgan fingerprint density at radius 3 is 2.05 bits per heavy atom. The molecule has 2 aliphatic rings. The number of fused-ring (bicyclic) bond motifs is 1. The van der Waals surface area contributed by atoms with Gasteiger partial charge in [-0.25, -0.2) is 4.39 Å². The van der Waals surface area contributed by atoms with Crippen molar-refractivity contribution < 1.29 is 4.39 Å².